The van der Waals surface area contributed by atoms with E-state index in [2.05, 4.69) is 24.4 Å². The number of amides is 1. The SMILES string of the molecule is COc1c(Cl)cc(Cl)cc1/C=N/NC(=O)COc1cc(C)ccc1C(C)C. The molecule has 27 heavy (non-hydrogen) atoms. The van der Waals surface area contributed by atoms with Crippen molar-refractivity contribution in [1.29, 1.82) is 0 Å². The average molecular weight is 409 g/mol. The fourth-order valence-electron chi connectivity index (χ4n) is 2.48. The molecule has 0 spiro atoms. The number of ether oxygens (including phenoxy) is 2. The smallest absolute Gasteiger partial charge is 0.277 e. The first-order chi connectivity index (χ1) is 12.8. The molecule has 0 saturated carbocycles. The van der Waals surface area contributed by atoms with Crippen molar-refractivity contribution < 1.29 is 14.3 Å². The fourth-order valence-corrected chi connectivity index (χ4v) is 3.07. The Bertz CT molecular complexity index is 851. The first-order valence-corrected chi connectivity index (χ1v) is 9.15. The van der Waals surface area contributed by atoms with Gasteiger partial charge in [0.15, 0.2) is 6.61 Å². The number of benzene rings is 2. The van der Waals surface area contributed by atoms with Crippen LogP contribution in [0.5, 0.6) is 11.5 Å². The molecule has 7 heteroatoms. The number of rotatable bonds is 7. The summed E-state index contributed by atoms with van der Waals surface area (Å²) in [5, 5.41) is 4.72. The number of nitrogens with zero attached hydrogens (tertiary/aromatic N) is 1. The van der Waals surface area contributed by atoms with Gasteiger partial charge >= 0.3 is 0 Å². The van der Waals surface area contributed by atoms with Gasteiger partial charge in [-0.15, -0.1) is 0 Å². The molecule has 5 nitrogen and oxygen atoms in total. The van der Waals surface area contributed by atoms with Crippen molar-refractivity contribution in [3.8, 4) is 11.5 Å². The van der Waals surface area contributed by atoms with Crippen molar-refractivity contribution in [3.05, 3.63) is 57.1 Å². The maximum atomic E-state index is 12.0. The van der Waals surface area contributed by atoms with Crippen molar-refractivity contribution in [1.82, 2.24) is 5.43 Å². The summed E-state index contributed by atoms with van der Waals surface area (Å²) in [6.07, 6.45) is 1.42. The standard InChI is InChI=1S/C20H22Cl2N2O3/c1-12(2)16-6-5-13(3)7-18(16)27-11-19(25)24-23-10-14-8-15(21)9-17(22)20(14)26-4/h5-10,12H,11H2,1-4H3,(H,24,25)/b23-10+. The Morgan fingerprint density at radius 2 is 2.00 bits per heavy atom. The molecule has 0 aliphatic heterocycles. The van der Waals surface area contributed by atoms with Gasteiger partial charge in [-0.3, -0.25) is 4.79 Å². The molecule has 0 fully saturated rings. The summed E-state index contributed by atoms with van der Waals surface area (Å²) in [5.74, 6) is 1.04. The van der Waals surface area contributed by atoms with E-state index in [0.29, 0.717) is 33.0 Å². The third-order valence-electron chi connectivity index (χ3n) is 3.78. The highest BCUT2D eigenvalue weighted by Crippen LogP contribution is 2.31. The lowest BCUT2D eigenvalue weighted by atomic mass is 10.0. The van der Waals surface area contributed by atoms with Gasteiger partial charge in [0.1, 0.15) is 11.5 Å². The van der Waals surface area contributed by atoms with Gasteiger partial charge in [-0.1, -0.05) is 49.2 Å². The number of nitrogens with one attached hydrogen (secondary N) is 1. The van der Waals surface area contributed by atoms with E-state index in [1.165, 1.54) is 13.3 Å². The molecule has 0 aliphatic carbocycles. The number of hydrogen-bond acceptors (Lipinski definition) is 4. The second kappa shape index (κ2) is 9.62. The molecule has 0 heterocycles. The molecule has 0 aliphatic rings. The molecule has 2 rings (SSSR count). The number of halogens is 2. The summed E-state index contributed by atoms with van der Waals surface area (Å²) in [4.78, 5) is 12.0. The molecule has 144 valence electrons. The van der Waals surface area contributed by atoms with Gasteiger partial charge < -0.3 is 9.47 Å². The Morgan fingerprint density at radius 3 is 2.67 bits per heavy atom. The van der Waals surface area contributed by atoms with E-state index in [9.17, 15) is 4.79 Å². The van der Waals surface area contributed by atoms with Crippen LogP contribution in [0.2, 0.25) is 10.0 Å². The largest absolute Gasteiger partial charge is 0.495 e. The van der Waals surface area contributed by atoms with E-state index in [0.717, 1.165) is 11.1 Å². The summed E-state index contributed by atoms with van der Waals surface area (Å²) >= 11 is 12.1. The van der Waals surface area contributed by atoms with Gasteiger partial charge in [0.2, 0.25) is 0 Å². The van der Waals surface area contributed by atoms with Crippen molar-refractivity contribution in [2.24, 2.45) is 5.10 Å². The van der Waals surface area contributed by atoms with Crippen LogP contribution in [0.1, 0.15) is 36.5 Å². The Morgan fingerprint density at radius 1 is 1.26 bits per heavy atom. The van der Waals surface area contributed by atoms with Crippen LogP contribution in [0.4, 0.5) is 0 Å². The predicted octanol–water partition coefficient (Wildman–Crippen LogP) is 4.96. The molecule has 0 bridgehead atoms. The van der Waals surface area contributed by atoms with E-state index < -0.39 is 0 Å². The van der Waals surface area contributed by atoms with Gasteiger partial charge in [0.25, 0.3) is 5.91 Å². The maximum Gasteiger partial charge on any atom is 0.277 e. The van der Waals surface area contributed by atoms with Crippen LogP contribution in [0.3, 0.4) is 0 Å². The van der Waals surface area contributed by atoms with Gasteiger partial charge in [-0.05, 0) is 42.2 Å². The van der Waals surface area contributed by atoms with Crippen LogP contribution >= 0.6 is 23.2 Å². The number of methoxy groups -OCH3 is 1. The molecular weight excluding hydrogens is 387 g/mol. The molecular formula is C20H22Cl2N2O3. The minimum atomic E-state index is -0.380. The molecule has 0 aromatic heterocycles. The number of hydrogen-bond donors (Lipinski definition) is 1. The second-order valence-electron chi connectivity index (χ2n) is 6.29. The van der Waals surface area contributed by atoms with E-state index >= 15 is 0 Å². The number of carbonyl (C=O) groups is 1. The topological polar surface area (TPSA) is 59.9 Å². The third-order valence-corrected chi connectivity index (χ3v) is 4.28. The Balaban J connectivity index is 2.00. The average Bonchev–Trinajstić information content (AvgIpc) is 2.59. The molecule has 0 saturated heterocycles. The Hall–Kier alpha value is -2.24. The van der Waals surface area contributed by atoms with E-state index in [4.69, 9.17) is 32.7 Å². The normalized spacial score (nSPS) is 11.1. The van der Waals surface area contributed by atoms with Gasteiger partial charge in [0, 0.05) is 10.6 Å². The van der Waals surface area contributed by atoms with Gasteiger partial charge in [0.05, 0.1) is 18.3 Å². The Labute approximate surface area is 169 Å². The lowest BCUT2D eigenvalue weighted by Crippen LogP contribution is -2.25. The summed E-state index contributed by atoms with van der Waals surface area (Å²) in [6.45, 7) is 5.98. The zero-order valence-electron chi connectivity index (χ0n) is 15.7. The molecule has 0 unspecified atom stereocenters. The monoisotopic (exact) mass is 408 g/mol. The lowest BCUT2D eigenvalue weighted by Gasteiger charge is -2.14. The van der Waals surface area contributed by atoms with Crippen molar-refractivity contribution in [3.63, 3.8) is 0 Å². The zero-order chi connectivity index (χ0) is 20.0. The highest BCUT2D eigenvalue weighted by Gasteiger charge is 2.11. The van der Waals surface area contributed by atoms with Crippen LogP contribution < -0.4 is 14.9 Å². The fraction of sp³-hybridized carbons (Fsp3) is 0.300. The minimum absolute atomic E-state index is 0.145. The van der Waals surface area contributed by atoms with Crippen LogP contribution in [-0.4, -0.2) is 25.8 Å². The van der Waals surface area contributed by atoms with Crippen molar-refractivity contribution in [2.45, 2.75) is 26.7 Å². The summed E-state index contributed by atoms with van der Waals surface area (Å²) in [6, 6.07) is 9.17. The first-order valence-electron chi connectivity index (χ1n) is 8.40. The lowest BCUT2D eigenvalue weighted by molar-refractivity contribution is -0.123. The quantitative estimate of drug-likeness (QED) is 0.519. The first kappa shape index (κ1) is 21.1. The molecule has 2 aromatic carbocycles. The van der Waals surface area contributed by atoms with E-state index in [1.54, 1.807) is 12.1 Å². The van der Waals surface area contributed by atoms with Crippen molar-refractivity contribution in [2.75, 3.05) is 13.7 Å². The molecule has 1 N–H and O–H groups in total. The van der Waals surface area contributed by atoms with Crippen molar-refractivity contribution >= 4 is 35.3 Å². The van der Waals surface area contributed by atoms with Gasteiger partial charge in [-0.25, -0.2) is 5.43 Å². The number of aryl methyl sites for hydroxylation is 1. The molecule has 2 aromatic rings. The highest BCUT2D eigenvalue weighted by atomic mass is 35.5. The van der Waals surface area contributed by atoms with E-state index in [-0.39, 0.29) is 12.5 Å². The number of carbonyl (C=O) groups excluding carboxylic acids is 1. The van der Waals surface area contributed by atoms with Crippen LogP contribution in [0, 0.1) is 6.92 Å². The molecule has 0 radical (unpaired) electrons. The van der Waals surface area contributed by atoms with Crippen LogP contribution in [0.25, 0.3) is 0 Å². The predicted molar refractivity (Wildman–Crippen MR) is 110 cm³/mol. The highest BCUT2D eigenvalue weighted by molar-refractivity contribution is 6.36. The minimum Gasteiger partial charge on any atom is -0.495 e. The third kappa shape index (κ3) is 5.88. The summed E-state index contributed by atoms with van der Waals surface area (Å²) < 4.78 is 10.9. The molecule has 1 amide bonds. The van der Waals surface area contributed by atoms with Crippen LogP contribution in [0.15, 0.2) is 35.4 Å². The van der Waals surface area contributed by atoms with Crippen LogP contribution in [-0.2, 0) is 4.79 Å². The zero-order valence-corrected chi connectivity index (χ0v) is 17.2. The molecule has 0 atom stereocenters. The second-order valence-corrected chi connectivity index (χ2v) is 7.13. The van der Waals surface area contributed by atoms with Gasteiger partial charge in [-0.2, -0.15) is 5.10 Å². The number of hydrazone groups is 1. The van der Waals surface area contributed by atoms with E-state index in [1.807, 2.05) is 25.1 Å². The Kier molecular flexibility index (Phi) is 7.51. The summed E-state index contributed by atoms with van der Waals surface area (Å²) in [7, 11) is 1.49. The summed E-state index contributed by atoms with van der Waals surface area (Å²) in [5.41, 5.74) is 5.09. The maximum absolute atomic E-state index is 12.0.